The molecule has 0 fully saturated rings. The van der Waals surface area contributed by atoms with Gasteiger partial charge in [-0.15, -0.1) is 0 Å². The minimum absolute atomic E-state index is 0.355. The van der Waals surface area contributed by atoms with E-state index < -0.39 is 0 Å². The molecule has 0 atom stereocenters. The van der Waals surface area contributed by atoms with Crippen molar-refractivity contribution in [1.29, 1.82) is 0 Å². The van der Waals surface area contributed by atoms with Crippen LogP contribution in [0.25, 0.3) is 0 Å². The Morgan fingerprint density at radius 3 is 2.78 bits per heavy atom. The highest BCUT2D eigenvalue weighted by molar-refractivity contribution is 6.32. The fraction of sp³-hybridized carbons (Fsp3) is 0.308. The molecule has 4 nitrogen and oxygen atoms in total. The molecule has 98 valence electrons. The minimum Gasteiger partial charge on any atom is -0.495 e. The van der Waals surface area contributed by atoms with E-state index in [2.05, 4.69) is 10.3 Å². The van der Waals surface area contributed by atoms with Crippen LogP contribution in [0.2, 0.25) is 5.02 Å². The number of aliphatic imine (C=N–C) groups is 1. The largest absolute Gasteiger partial charge is 0.495 e. The fourth-order valence-electron chi connectivity index (χ4n) is 1.26. The molecule has 0 aliphatic rings. The summed E-state index contributed by atoms with van der Waals surface area (Å²) in [7, 11) is 1.57. The summed E-state index contributed by atoms with van der Waals surface area (Å²) >= 11 is 6.00. The standard InChI is InChI=1S/C13H18ClN3O/c1-9(2)6-7-16-13(15)17-10-4-5-12(18-3)11(14)8-10/h4-6,8H,7H2,1-3H3,(H3,15,16,17). The van der Waals surface area contributed by atoms with Crippen LogP contribution in [0.5, 0.6) is 5.75 Å². The van der Waals surface area contributed by atoms with Crippen LogP contribution in [0.15, 0.2) is 34.8 Å². The lowest BCUT2D eigenvalue weighted by Crippen LogP contribution is -2.22. The number of benzene rings is 1. The first kappa shape index (κ1) is 14.4. The van der Waals surface area contributed by atoms with Crippen molar-refractivity contribution in [2.45, 2.75) is 13.8 Å². The van der Waals surface area contributed by atoms with Crippen molar-refractivity contribution >= 4 is 23.2 Å². The number of nitrogens with two attached hydrogens (primary N) is 1. The molecule has 1 aromatic carbocycles. The number of allylic oxidation sites excluding steroid dienone is 1. The van der Waals surface area contributed by atoms with E-state index in [0.29, 0.717) is 23.3 Å². The molecule has 0 aliphatic carbocycles. The molecule has 5 heteroatoms. The molecule has 0 spiro atoms. The van der Waals surface area contributed by atoms with Crippen LogP contribution >= 0.6 is 11.6 Å². The van der Waals surface area contributed by atoms with Gasteiger partial charge in [0.1, 0.15) is 5.75 Å². The van der Waals surface area contributed by atoms with Crippen molar-refractivity contribution < 1.29 is 4.74 Å². The Bertz CT molecular complexity index is 465. The maximum atomic E-state index is 6.00. The average molecular weight is 268 g/mol. The Labute approximate surface area is 112 Å². The summed E-state index contributed by atoms with van der Waals surface area (Å²) in [5.41, 5.74) is 7.73. The van der Waals surface area contributed by atoms with Gasteiger partial charge >= 0.3 is 0 Å². The number of guanidine groups is 1. The van der Waals surface area contributed by atoms with Crippen LogP contribution in [0.4, 0.5) is 5.69 Å². The SMILES string of the molecule is COc1ccc(NC(N)=NCC=C(C)C)cc1Cl. The third-order valence-electron chi connectivity index (χ3n) is 2.19. The fourth-order valence-corrected chi connectivity index (χ4v) is 1.52. The van der Waals surface area contributed by atoms with Gasteiger partial charge in [-0.1, -0.05) is 23.3 Å². The minimum atomic E-state index is 0.355. The summed E-state index contributed by atoms with van der Waals surface area (Å²) < 4.78 is 5.07. The molecular formula is C13H18ClN3O. The molecule has 0 aliphatic heterocycles. The summed E-state index contributed by atoms with van der Waals surface area (Å²) in [6.07, 6.45) is 2.00. The second-order valence-electron chi connectivity index (χ2n) is 3.98. The Balaban J connectivity index is 2.67. The van der Waals surface area contributed by atoms with Crippen molar-refractivity contribution in [2.75, 3.05) is 19.0 Å². The predicted octanol–water partition coefficient (Wildman–Crippen LogP) is 3.04. The number of methoxy groups -OCH3 is 1. The highest BCUT2D eigenvalue weighted by Crippen LogP contribution is 2.26. The Morgan fingerprint density at radius 2 is 2.22 bits per heavy atom. The predicted molar refractivity (Wildman–Crippen MR) is 77.5 cm³/mol. The molecule has 0 aromatic heterocycles. The zero-order chi connectivity index (χ0) is 13.5. The summed E-state index contributed by atoms with van der Waals surface area (Å²) in [4.78, 5) is 4.16. The highest BCUT2D eigenvalue weighted by atomic mass is 35.5. The van der Waals surface area contributed by atoms with Crippen molar-refractivity contribution in [3.8, 4) is 5.75 Å². The number of nitrogens with zero attached hydrogens (tertiary/aromatic N) is 1. The molecule has 0 radical (unpaired) electrons. The first-order chi connectivity index (χ1) is 8.52. The van der Waals surface area contributed by atoms with Gasteiger partial charge in [0, 0.05) is 5.69 Å². The van der Waals surface area contributed by atoms with E-state index in [0.717, 1.165) is 5.69 Å². The number of anilines is 1. The van der Waals surface area contributed by atoms with E-state index in [1.165, 1.54) is 5.57 Å². The van der Waals surface area contributed by atoms with Gasteiger partial charge in [-0.3, -0.25) is 0 Å². The van der Waals surface area contributed by atoms with Crippen molar-refractivity contribution in [3.05, 3.63) is 34.9 Å². The second kappa shape index (κ2) is 6.91. The molecule has 0 saturated carbocycles. The average Bonchev–Trinajstić information content (AvgIpc) is 2.28. The summed E-state index contributed by atoms with van der Waals surface area (Å²) in [6.45, 7) is 4.59. The van der Waals surface area contributed by atoms with Gasteiger partial charge in [0.2, 0.25) is 0 Å². The lowest BCUT2D eigenvalue weighted by molar-refractivity contribution is 0.415. The topological polar surface area (TPSA) is 59.6 Å². The third-order valence-corrected chi connectivity index (χ3v) is 2.48. The van der Waals surface area contributed by atoms with E-state index >= 15 is 0 Å². The molecule has 1 rings (SSSR count). The van der Waals surface area contributed by atoms with Gasteiger partial charge in [-0.2, -0.15) is 0 Å². The molecule has 0 amide bonds. The van der Waals surface area contributed by atoms with E-state index in [9.17, 15) is 0 Å². The molecule has 0 heterocycles. The van der Waals surface area contributed by atoms with E-state index in [4.69, 9.17) is 22.1 Å². The number of hydrogen-bond acceptors (Lipinski definition) is 2. The molecule has 1 aromatic rings. The van der Waals surface area contributed by atoms with Gasteiger partial charge in [0.05, 0.1) is 18.7 Å². The lowest BCUT2D eigenvalue weighted by Gasteiger charge is -2.08. The Morgan fingerprint density at radius 1 is 1.50 bits per heavy atom. The third kappa shape index (κ3) is 4.67. The smallest absolute Gasteiger partial charge is 0.193 e. The number of halogens is 1. The summed E-state index contributed by atoms with van der Waals surface area (Å²) in [5, 5.41) is 3.49. The maximum Gasteiger partial charge on any atom is 0.193 e. The van der Waals surface area contributed by atoms with Gasteiger partial charge in [-0.25, -0.2) is 4.99 Å². The molecule has 0 bridgehead atoms. The van der Waals surface area contributed by atoms with Crippen LogP contribution in [0, 0.1) is 0 Å². The van der Waals surface area contributed by atoms with Crippen molar-refractivity contribution in [1.82, 2.24) is 0 Å². The van der Waals surface area contributed by atoms with Gasteiger partial charge < -0.3 is 15.8 Å². The first-order valence-electron chi connectivity index (χ1n) is 5.56. The second-order valence-corrected chi connectivity index (χ2v) is 4.39. The number of hydrogen-bond donors (Lipinski definition) is 2. The normalized spacial score (nSPS) is 11.0. The molecule has 0 saturated heterocycles. The van der Waals surface area contributed by atoms with Crippen molar-refractivity contribution in [2.24, 2.45) is 10.7 Å². The van der Waals surface area contributed by atoms with E-state index in [-0.39, 0.29) is 0 Å². The molecule has 3 N–H and O–H groups in total. The van der Waals surface area contributed by atoms with Crippen LogP contribution in [-0.2, 0) is 0 Å². The monoisotopic (exact) mass is 267 g/mol. The Hall–Kier alpha value is -1.68. The summed E-state index contributed by atoms with van der Waals surface area (Å²) in [6, 6.07) is 5.34. The number of nitrogens with one attached hydrogen (secondary N) is 1. The van der Waals surface area contributed by atoms with Crippen LogP contribution < -0.4 is 15.8 Å². The quantitative estimate of drug-likeness (QED) is 0.501. The first-order valence-corrected chi connectivity index (χ1v) is 5.94. The molecular weight excluding hydrogens is 250 g/mol. The van der Waals surface area contributed by atoms with Crippen LogP contribution in [0.3, 0.4) is 0 Å². The molecule has 0 unspecified atom stereocenters. The van der Waals surface area contributed by atoms with E-state index in [1.54, 1.807) is 19.2 Å². The van der Waals surface area contributed by atoms with Crippen LogP contribution in [0.1, 0.15) is 13.8 Å². The van der Waals surface area contributed by atoms with Gasteiger partial charge in [-0.05, 0) is 32.0 Å². The van der Waals surface area contributed by atoms with Gasteiger partial charge in [0.25, 0.3) is 0 Å². The number of ether oxygens (including phenoxy) is 1. The number of rotatable bonds is 4. The Kier molecular flexibility index (Phi) is 5.52. The van der Waals surface area contributed by atoms with Crippen LogP contribution in [-0.4, -0.2) is 19.6 Å². The molecule has 18 heavy (non-hydrogen) atoms. The lowest BCUT2D eigenvalue weighted by atomic mass is 10.3. The van der Waals surface area contributed by atoms with Crippen molar-refractivity contribution in [3.63, 3.8) is 0 Å². The zero-order valence-corrected chi connectivity index (χ0v) is 11.6. The maximum absolute atomic E-state index is 6.00. The van der Waals surface area contributed by atoms with Gasteiger partial charge in [0.15, 0.2) is 5.96 Å². The zero-order valence-electron chi connectivity index (χ0n) is 10.8. The van der Waals surface area contributed by atoms with E-state index in [1.807, 2.05) is 26.0 Å². The summed E-state index contributed by atoms with van der Waals surface area (Å²) in [5.74, 6) is 0.982. The highest BCUT2D eigenvalue weighted by Gasteiger charge is 2.02.